The fraction of sp³-hybridized carbons (Fsp3) is 0.267. The third-order valence-corrected chi connectivity index (χ3v) is 2.92. The van der Waals surface area contributed by atoms with Gasteiger partial charge >= 0.3 is 0 Å². The second kappa shape index (κ2) is 6.14. The van der Waals surface area contributed by atoms with Crippen molar-refractivity contribution in [2.24, 2.45) is 4.99 Å². The van der Waals surface area contributed by atoms with Gasteiger partial charge in [0.1, 0.15) is 0 Å². The number of hydrogen-bond acceptors (Lipinski definition) is 3. The van der Waals surface area contributed by atoms with E-state index in [1.807, 2.05) is 30.3 Å². The Labute approximate surface area is 117 Å². The summed E-state index contributed by atoms with van der Waals surface area (Å²) >= 11 is 0. The van der Waals surface area contributed by atoms with Gasteiger partial charge in [0, 0.05) is 19.7 Å². The van der Waals surface area contributed by atoms with Crippen LogP contribution in [0.15, 0.2) is 47.5 Å². The Bertz CT molecular complexity index is 537. The molecule has 0 bridgehead atoms. The van der Waals surface area contributed by atoms with Gasteiger partial charge in [-0.25, -0.2) is 0 Å². The summed E-state index contributed by atoms with van der Waals surface area (Å²) in [6.07, 6.45) is 5.11. The van der Waals surface area contributed by atoms with E-state index in [0.29, 0.717) is 6.54 Å². The number of carbonyl (C=O) groups is 2. The number of carbonyl (C=O) groups excluding carboxylic acids is 2. The number of hydrogen-bond donors (Lipinski definition) is 2. The maximum absolute atomic E-state index is 12.0. The number of nitrogens with zero attached hydrogens (tertiary/aromatic N) is 1. The molecular formula is C15H17N3O2. The first-order valence-corrected chi connectivity index (χ1v) is 6.42. The molecule has 1 aromatic rings. The molecule has 1 unspecified atom stereocenters. The van der Waals surface area contributed by atoms with Crippen molar-refractivity contribution in [1.29, 1.82) is 0 Å². The van der Waals surface area contributed by atoms with Crippen molar-refractivity contribution in [1.82, 2.24) is 10.6 Å². The first kappa shape index (κ1) is 14.0. The van der Waals surface area contributed by atoms with Crippen LogP contribution in [0.5, 0.6) is 0 Å². The normalized spacial score (nSPS) is 19.9. The minimum absolute atomic E-state index is 0.0897. The minimum atomic E-state index is -0.938. The minimum Gasteiger partial charge on any atom is -0.352 e. The van der Waals surface area contributed by atoms with Crippen molar-refractivity contribution >= 4 is 18.0 Å². The molecule has 0 spiro atoms. The number of rotatable bonds is 5. The summed E-state index contributed by atoms with van der Waals surface area (Å²) < 4.78 is 0. The second-order valence-electron chi connectivity index (χ2n) is 4.68. The summed E-state index contributed by atoms with van der Waals surface area (Å²) in [4.78, 5) is 27.4. The molecule has 20 heavy (non-hydrogen) atoms. The number of nitrogens with one attached hydrogen (secondary N) is 2. The van der Waals surface area contributed by atoms with E-state index in [-0.39, 0.29) is 18.2 Å². The highest BCUT2D eigenvalue weighted by Gasteiger charge is 2.31. The van der Waals surface area contributed by atoms with Gasteiger partial charge < -0.3 is 10.6 Å². The van der Waals surface area contributed by atoms with E-state index in [2.05, 4.69) is 15.6 Å². The fourth-order valence-corrected chi connectivity index (χ4v) is 2.05. The number of amides is 2. The average Bonchev–Trinajstić information content (AvgIpc) is 2.85. The Balaban J connectivity index is 1.91. The zero-order chi connectivity index (χ0) is 14.4. The van der Waals surface area contributed by atoms with Crippen molar-refractivity contribution in [3.63, 3.8) is 0 Å². The summed E-state index contributed by atoms with van der Waals surface area (Å²) in [5, 5.41) is 5.53. The molecule has 0 aliphatic carbocycles. The molecule has 0 saturated heterocycles. The van der Waals surface area contributed by atoms with Crippen LogP contribution in [0.4, 0.5) is 0 Å². The van der Waals surface area contributed by atoms with E-state index in [4.69, 9.17) is 0 Å². The van der Waals surface area contributed by atoms with Crippen LogP contribution in [0, 0.1) is 0 Å². The Morgan fingerprint density at radius 3 is 2.60 bits per heavy atom. The SMILES string of the molecule is CC(=O)NC1(CC(=O)NCc2ccccc2)C=CC=N1. The van der Waals surface area contributed by atoms with Crippen LogP contribution >= 0.6 is 0 Å². The van der Waals surface area contributed by atoms with Crippen molar-refractivity contribution < 1.29 is 9.59 Å². The highest BCUT2D eigenvalue weighted by Crippen LogP contribution is 2.18. The largest absolute Gasteiger partial charge is 0.352 e. The lowest BCUT2D eigenvalue weighted by atomic mass is 10.1. The van der Waals surface area contributed by atoms with Crippen molar-refractivity contribution in [3.05, 3.63) is 48.0 Å². The molecule has 2 N–H and O–H groups in total. The predicted molar refractivity (Wildman–Crippen MR) is 77.1 cm³/mol. The third kappa shape index (κ3) is 3.78. The molecule has 0 saturated carbocycles. The van der Waals surface area contributed by atoms with Crippen LogP contribution < -0.4 is 10.6 Å². The Morgan fingerprint density at radius 1 is 1.25 bits per heavy atom. The molecule has 104 valence electrons. The molecule has 1 aromatic carbocycles. The molecule has 5 nitrogen and oxygen atoms in total. The summed E-state index contributed by atoms with van der Waals surface area (Å²) in [6, 6.07) is 9.65. The van der Waals surface area contributed by atoms with Gasteiger partial charge in [-0.1, -0.05) is 30.3 Å². The fourth-order valence-electron chi connectivity index (χ4n) is 2.05. The van der Waals surface area contributed by atoms with E-state index in [0.717, 1.165) is 5.56 Å². The van der Waals surface area contributed by atoms with Crippen molar-refractivity contribution in [3.8, 4) is 0 Å². The van der Waals surface area contributed by atoms with Crippen LogP contribution in [0.3, 0.4) is 0 Å². The van der Waals surface area contributed by atoms with E-state index in [1.54, 1.807) is 18.4 Å². The quantitative estimate of drug-likeness (QED) is 0.843. The van der Waals surface area contributed by atoms with Crippen LogP contribution in [0.2, 0.25) is 0 Å². The van der Waals surface area contributed by atoms with Gasteiger partial charge in [-0.3, -0.25) is 14.6 Å². The standard InChI is InChI=1S/C15H17N3O2/c1-12(19)18-15(8-5-9-17-15)10-14(20)16-11-13-6-3-2-4-7-13/h2-9H,10-11H2,1H3,(H,16,20)(H,18,19). The molecule has 0 radical (unpaired) electrons. The van der Waals surface area contributed by atoms with Gasteiger partial charge in [-0.2, -0.15) is 0 Å². The molecule has 1 aliphatic rings. The van der Waals surface area contributed by atoms with Gasteiger partial charge in [0.2, 0.25) is 11.8 Å². The van der Waals surface area contributed by atoms with Crippen molar-refractivity contribution in [2.45, 2.75) is 25.6 Å². The molecular weight excluding hydrogens is 254 g/mol. The molecule has 1 heterocycles. The zero-order valence-corrected chi connectivity index (χ0v) is 11.3. The molecule has 0 fully saturated rings. The number of aliphatic imine (C=N–C) groups is 1. The molecule has 0 aromatic heterocycles. The summed E-state index contributed by atoms with van der Waals surface area (Å²) in [7, 11) is 0. The summed E-state index contributed by atoms with van der Waals surface area (Å²) in [5.74, 6) is -0.379. The highest BCUT2D eigenvalue weighted by atomic mass is 16.2. The molecule has 2 rings (SSSR count). The van der Waals surface area contributed by atoms with Gasteiger partial charge in [-0.15, -0.1) is 0 Å². The van der Waals surface area contributed by atoms with E-state index in [9.17, 15) is 9.59 Å². The Morgan fingerprint density at radius 2 is 2.00 bits per heavy atom. The van der Waals surface area contributed by atoms with Crippen LogP contribution in [-0.4, -0.2) is 23.7 Å². The first-order valence-electron chi connectivity index (χ1n) is 6.42. The van der Waals surface area contributed by atoms with Gasteiger partial charge in [0.05, 0.1) is 6.42 Å². The van der Waals surface area contributed by atoms with Gasteiger partial charge in [0.25, 0.3) is 0 Å². The number of allylic oxidation sites excluding steroid dienone is 1. The average molecular weight is 271 g/mol. The molecule has 2 amide bonds. The van der Waals surface area contributed by atoms with Crippen molar-refractivity contribution in [2.75, 3.05) is 0 Å². The second-order valence-corrected chi connectivity index (χ2v) is 4.68. The zero-order valence-electron chi connectivity index (χ0n) is 11.3. The first-order chi connectivity index (χ1) is 9.60. The smallest absolute Gasteiger partial charge is 0.224 e. The van der Waals surface area contributed by atoms with E-state index < -0.39 is 5.66 Å². The van der Waals surface area contributed by atoms with Crippen LogP contribution in [0.1, 0.15) is 18.9 Å². The maximum Gasteiger partial charge on any atom is 0.224 e. The third-order valence-electron chi connectivity index (χ3n) is 2.92. The predicted octanol–water partition coefficient (Wildman–Crippen LogP) is 1.17. The Hall–Kier alpha value is -2.43. The van der Waals surface area contributed by atoms with E-state index in [1.165, 1.54) is 6.92 Å². The summed E-state index contributed by atoms with van der Waals surface area (Å²) in [6.45, 7) is 1.87. The molecule has 1 atom stereocenters. The van der Waals surface area contributed by atoms with Gasteiger partial charge in [-0.05, 0) is 17.7 Å². The monoisotopic (exact) mass is 271 g/mol. The van der Waals surface area contributed by atoms with E-state index >= 15 is 0 Å². The lowest BCUT2D eigenvalue weighted by Crippen LogP contribution is -2.47. The molecule has 1 aliphatic heterocycles. The maximum atomic E-state index is 12.0. The van der Waals surface area contributed by atoms with Crippen LogP contribution in [-0.2, 0) is 16.1 Å². The topological polar surface area (TPSA) is 70.6 Å². The molecule has 5 heteroatoms. The Kier molecular flexibility index (Phi) is 4.30. The lowest BCUT2D eigenvalue weighted by Gasteiger charge is -2.24. The highest BCUT2D eigenvalue weighted by molar-refractivity contribution is 5.84. The number of benzene rings is 1. The summed E-state index contributed by atoms with van der Waals surface area (Å²) in [5.41, 5.74) is 0.0898. The van der Waals surface area contributed by atoms with Crippen LogP contribution in [0.25, 0.3) is 0 Å². The lowest BCUT2D eigenvalue weighted by molar-refractivity contribution is -0.123. The van der Waals surface area contributed by atoms with Gasteiger partial charge in [0.15, 0.2) is 5.66 Å².